The molecule has 0 atom stereocenters. The third kappa shape index (κ3) is 5.01. The third-order valence-electron chi connectivity index (χ3n) is 3.48. The van der Waals surface area contributed by atoms with Crippen LogP contribution in [0.2, 0.25) is 10.0 Å². The van der Waals surface area contributed by atoms with Crippen molar-refractivity contribution in [2.45, 2.75) is 6.42 Å². The quantitative estimate of drug-likeness (QED) is 0.792. The van der Waals surface area contributed by atoms with Crippen LogP contribution in [0.25, 0.3) is 0 Å². The SMILES string of the molecule is O=C(N=C1C[N+](CCc2ccccc2)=NO1)Nc1ccc(Cl)c(Cl)c1. The number of anilines is 1. The number of rotatable bonds is 4. The Balaban J connectivity index is 1.51. The number of nitrogens with zero attached hydrogens (tertiary/aromatic N) is 3. The number of carbonyl (C=O) groups excluding carboxylic acids is 1. The van der Waals surface area contributed by atoms with Gasteiger partial charge in [0.2, 0.25) is 6.54 Å². The summed E-state index contributed by atoms with van der Waals surface area (Å²) in [6.45, 7) is 1.03. The van der Waals surface area contributed by atoms with Crippen molar-refractivity contribution in [3.63, 3.8) is 0 Å². The molecule has 25 heavy (non-hydrogen) atoms. The van der Waals surface area contributed by atoms with Crippen LogP contribution in [0.4, 0.5) is 10.5 Å². The number of amides is 2. The Morgan fingerprint density at radius 2 is 2.00 bits per heavy atom. The number of urea groups is 1. The molecule has 2 aromatic carbocycles. The van der Waals surface area contributed by atoms with Gasteiger partial charge in [-0.2, -0.15) is 4.99 Å². The molecule has 6 nitrogen and oxygen atoms in total. The van der Waals surface area contributed by atoms with E-state index in [1.54, 1.807) is 22.9 Å². The van der Waals surface area contributed by atoms with E-state index in [0.29, 0.717) is 28.8 Å². The van der Waals surface area contributed by atoms with Crippen LogP contribution in [-0.2, 0) is 11.3 Å². The van der Waals surface area contributed by atoms with E-state index in [2.05, 4.69) is 27.7 Å². The lowest BCUT2D eigenvalue weighted by Gasteiger charge is -2.02. The number of nitrogens with one attached hydrogen (secondary N) is 1. The molecule has 128 valence electrons. The van der Waals surface area contributed by atoms with Gasteiger partial charge in [0.15, 0.2) is 11.8 Å². The first-order valence-corrected chi connectivity index (χ1v) is 8.36. The first-order valence-electron chi connectivity index (χ1n) is 7.60. The van der Waals surface area contributed by atoms with Crippen LogP contribution in [0.1, 0.15) is 5.56 Å². The van der Waals surface area contributed by atoms with Crippen LogP contribution in [0, 0.1) is 0 Å². The van der Waals surface area contributed by atoms with Gasteiger partial charge in [0, 0.05) is 12.1 Å². The van der Waals surface area contributed by atoms with E-state index in [0.717, 1.165) is 6.42 Å². The van der Waals surface area contributed by atoms with E-state index in [1.807, 2.05) is 18.2 Å². The average molecular weight is 378 g/mol. The molecule has 1 aliphatic rings. The zero-order chi connectivity index (χ0) is 17.6. The third-order valence-corrected chi connectivity index (χ3v) is 4.22. The van der Waals surface area contributed by atoms with Gasteiger partial charge in [-0.15, -0.1) is 0 Å². The second-order valence-electron chi connectivity index (χ2n) is 5.36. The number of aliphatic imine (C=N–C) groups is 1. The average Bonchev–Trinajstić information content (AvgIpc) is 3.04. The molecular formula is C17H15Cl2N4O2+. The molecule has 3 rings (SSSR count). The van der Waals surface area contributed by atoms with Crippen LogP contribution in [0.3, 0.4) is 0 Å². The Morgan fingerprint density at radius 3 is 2.76 bits per heavy atom. The number of hydrogen-bond donors (Lipinski definition) is 1. The fourth-order valence-corrected chi connectivity index (χ4v) is 2.53. The molecule has 0 fully saturated rings. The lowest BCUT2D eigenvalue weighted by atomic mass is 10.1. The van der Waals surface area contributed by atoms with Crippen molar-refractivity contribution in [1.82, 2.24) is 0 Å². The fraction of sp³-hybridized carbons (Fsp3) is 0.176. The van der Waals surface area contributed by atoms with Crippen molar-refractivity contribution in [3.05, 3.63) is 64.1 Å². The van der Waals surface area contributed by atoms with Crippen LogP contribution in [0.15, 0.2) is 58.8 Å². The highest BCUT2D eigenvalue weighted by Gasteiger charge is 2.24. The van der Waals surface area contributed by atoms with E-state index in [4.69, 9.17) is 28.0 Å². The molecular weight excluding hydrogens is 363 g/mol. The summed E-state index contributed by atoms with van der Waals surface area (Å²) in [7, 11) is 0. The predicted octanol–water partition coefficient (Wildman–Crippen LogP) is 4.58. The molecule has 0 saturated heterocycles. The molecule has 2 aromatic rings. The normalized spacial score (nSPS) is 15.0. The Hall–Kier alpha value is -2.44. The molecule has 0 spiro atoms. The number of halogens is 2. The minimum absolute atomic E-state index is 0.241. The maximum atomic E-state index is 11.9. The molecule has 1 aliphatic heterocycles. The van der Waals surface area contributed by atoms with E-state index in [9.17, 15) is 4.79 Å². The second-order valence-corrected chi connectivity index (χ2v) is 6.18. The van der Waals surface area contributed by atoms with E-state index >= 15 is 0 Å². The monoisotopic (exact) mass is 377 g/mol. The first kappa shape index (κ1) is 17.4. The zero-order valence-electron chi connectivity index (χ0n) is 13.2. The molecule has 8 heteroatoms. The highest BCUT2D eigenvalue weighted by molar-refractivity contribution is 6.42. The predicted molar refractivity (Wildman–Crippen MR) is 96.6 cm³/mol. The van der Waals surface area contributed by atoms with Crippen molar-refractivity contribution in [2.24, 2.45) is 10.3 Å². The Morgan fingerprint density at radius 1 is 1.20 bits per heavy atom. The smallest absolute Gasteiger partial charge is 0.306 e. The molecule has 0 radical (unpaired) electrons. The summed E-state index contributed by atoms with van der Waals surface area (Å²) in [4.78, 5) is 20.9. The van der Waals surface area contributed by atoms with Gasteiger partial charge in [-0.25, -0.2) is 4.79 Å². The van der Waals surface area contributed by atoms with E-state index < -0.39 is 6.03 Å². The maximum Gasteiger partial charge on any atom is 0.348 e. The Kier molecular flexibility index (Phi) is 5.63. The highest BCUT2D eigenvalue weighted by atomic mass is 35.5. The van der Waals surface area contributed by atoms with Gasteiger partial charge < -0.3 is 5.32 Å². The summed E-state index contributed by atoms with van der Waals surface area (Å²) < 4.78 is 1.72. The summed E-state index contributed by atoms with van der Waals surface area (Å²) in [6, 6.07) is 14.3. The second kappa shape index (κ2) is 8.09. The molecule has 0 saturated carbocycles. The lowest BCUT2D eigenvalue weighted by molar-refractivity contribution is -0.585. The minimum atomic E-state index is -0.562. The van der Waals surface area contributed by atoms with E-state index in [-0.39, 0.29) is 5.90 Å². The topological polar surface area (TPSA) is 66.1 Å². The molecule has 0 bridgehead atoms. The number of carbonyl (C=O) groups is 1. The van der Waals surface area contributed by atoms with Crippen LogP contribution < -0.4 is 5.32 Å². The van der Waals surface area contributed by atoms with Crippen molar-refractivity contribution in [1.29, 1.82) is 0 Å². The van der Waals surface area contributed by atoms with Gasteiger partial charge in [0.05, 0.1) is 10.0 Å². The summed E-state index contributed by atoms with van der Waals surface area (Å²) in [5.41, 5.74) is 1.71. The zero-order valence-corrected chi connectivity index (χ0v) is 14.7. The number of hydrogen-bond acceptors (Lipinski definition) is 3. The summed E-state index contributed by atoms with van der Waals surface area (Å²) in [6.07, 6.45) is 0.830. The molecule has 0 unspecified atom stereocenters. The van der Waals surface area contributed by atoms with Gasteiger partial charge in [-0.05, 0) is 23.8 Å². The first-order chi connectivity index (χ1) is 12.1. The van der Waals surface area contributed by atoms with Crippen molar-refractivity contribution >= 4 is 40.8 Å². The lowest BCUT2D eigenvalue weighted by Crippen LogP contribution is -2.17. The highest BCUT2D eigenvalue weighted by Crippen LogP contribution is 2.25. The summed E-state index contributed by atoms with van der Waals surface area (Å²) in [5, 5.41) is 7.27. The molecule has 2 amide bonds. The standard InChI is InChI=1S/C17H14Cl2N4O2/c18-14-7-6-13(10-15(14)19)20-17(24)21-16-11-23(22-25-16)9-8-12-4-2-1-3-5-12/h1-7,10H,8-9,11H2/p+1. The van der Waals surface area contributed by atoms with Gasteiger partial charge in [0.1, 0.15) is 0 Å². The molecule has 0 aliphatic carbocycles. The van der Waals surface area contributed by atoms with Crippen molar-refractivity contribution in [3.8, 4) is 0 Å². The van der Waals surface area contributed by atoms with E-state index in [1.165, 1.54) is 5.56 Å². The largest absolute Gasteiger partial charge is 0.348 e. The number of benzene rings is 2. The summed E-state index contributed by atoms with van der Waals surface area (Å²) >= 11 is 11.7. The van der Waals surface area contributed by atoms with Crippen molar-refractivity contribution < 1.29 is 14.3 Å². The Bertz CT molecular complexity index is 838. The van der Waals surface area contributed by atoms with Gasteiger partial charge in [-0.3, -0.25) is 4.84 Å². The van der Waals surface area contributed by atoms with Crippen LogP contribution in [0.5, 0.6) is 0 Å². The van der Waals surface area contributed by atoms with Gasteiger partial charge in [0.25, 0.3) is 0 Å². The van der Waals surface area contributed by atoms with Crippen molar-refractivity contribution in [2.75, 3.05) is 18.4 Å². The van der Waals surface area contributed by atoms with Crippen LogP contribution >= 0.6 is 23.2 Å². The summed E-state index contributed by atoms with van der Waals surface area (Å²) in [5.74, 6) is 0.241. The molecule has 0 aromatic heterocycles. The maximum absolute atomic E-state index is 11.9. The Labute approximate surface area is 154 Å². The minimum Gasteiger partial charge on any atom is -0.306 e. The van der Waals surface area contributed by atoms with Gasteiger partial charge in [-0.1, -0.05) is 58.2 Å². The van der Waals surface area contributed by atoms with Crippen LogP contribution in [-0.4, -0.2) is 29.7 Å². The van der Waals surface area contributed by atoms with Gasteiger partial charge >= 0.3 is 11.9 Å². The fourth-order valence-electron chi connectivity index (χ4n) is 2.24. The molecule has 1 N–H and O–H groups in total. The molecule has 1 heterocycles.